The predicted octanol–water partition coefficient (Wildman–Crippen LogP) is 3.85. The van der Waals surface area contributed by atoms with Gasteiger partial charge < -0.3 is 9.64 Å². The van der Waals surface area contributed by atoms with Crippen LogP contribution in [-0.2, 0) is 6.42 Å². The van der Waals surface area contributed by atoms with Crippen molar-refractivity contribution < 1.29 is 4.74 Å². The third kappa shape index (κ3) is 3.14. The molecule has 4 nitrogen and oxygen atoms in total. The van der Waals surface area contributed by atoms with Gasteiger partial charge in [-0.3, -0.25) is 0 Å². The molecule has 0 saturated carbocycles. The Morgan fingerprint density at radius 2 is 2.05 bits per heavy atom. The monoisotopic (exact) mass is 297 g/mol. The number of rotatable bonds is 5. The van der Waals surface area contributed by atoms with Gasteiger partial charge >= 0.3 is 0 Å². The lowest BCUT2D eigenvalue weighted by atomic mass is 10.0. The zero-order valence-electron chi connectivity index (χ0n) is 14.0. The second kappa shape index (κ2) is 6.65. The Morgan fingerprint density at radius 1 is 1.32 bits per heavy atom. The van der Waals surface area contributed by atoms with Crippen LogP contribution in [0.15, 0.2) is 18.2 Å². The topological polar surface area (TPSA) is 49.1 Å². The quantitative estimate of drug-likeness (QED) is 0.841. The lowest BCUT2D eigenvalue weighted by Gasteiger charge is -2.22. The van der Waals surface area contributed by atoms with Crippen molar-refractivity contribution in [3.63, 3.8) is 0 Å². The molecule has 116 valence electrons. The van der Waals surface area contributed by atoms with Gasteiger partial charge in [0.2, 0.25) is 0 Å². The summed E-state index contributed by atoms with van der Waals surface area (Å²) in [4.78, 5) is 6.86. The van der Waals surface area contributed by atoms with Gasteiger partial charge in [-0.2, -0.15) is 5.26 Å². The number of nitrogens with zero attached hydrogens (tertiary/aromatic N) is 3. The number of aromatic nitrogens is 1. The average molecular weight is 297 g/mol. The molecule has 0 amide bonds. The highest BCUT2D eigenvalue weighted by Crippen LogP contribution is 2.35. The van der Waals surface area contributed by atoms with Crippen LogP contribution in [0.5, 0.6) is 5.75 Å². The summed E-state index contributed by atoms with van der Waals surface area (Å²) in [6.45, 7) is 6.03. The standard InChI is InChI=1S/C18H23N3O/c1-12(2)22-16-10-6-8-15-17(16)20-13(3)14(9-7-11-19)18(15)21(4)5/h6,8,10,12H,7,9H2,1-5H3. The number of aryl methyl sites for hydroxylation is 1. The van der Waals surface area contributed by atoms with Crippen molar-refractivity contribution in [2.45, 2.75) is 39.7 Å². The maximum atomic E-state index is 8.90. The number of hydrogen-bond acceptors (Lipinski definition) is 4. The molecule has 22 heavy (non-hydrogen) atoms. The van der Waals surface area contributed by atoms with Crippen molar-refractivity contribution in [1.29, 1.82) is 5.26 Å². The first-order valence-electron chi connectivity index (χ1n) is 7.58. The van der Waals surface area contributed by atoms with Crippen molar-refractivity contribution in [3.8, 4) is 11.8 Å². The van der Waals surface area contributed by atoms with Crippen LogP contribution in [0.4, 0.5) is 5.69 Å². The van der Waals surface area contributed by atoms with Crippen LogP contribution in [0.3, 0.4) is 0 Å². The molecule has 4 heteroatoms. The van der Waals surface area contributed by atoms with E-state index in [1.165, 1.54) is 0 Å². The summed E-state index contributed by atoms with van der Waals surface area (Å²) < 4.78 is 5.90. The Morgan fingerprint density at radius 3 is 2.64 bits per heavy atom. The maximum absolute atomic E-state index is 8.90. The fourth-order valence-electron chi connectivity index (χ4n) is 2.74. The highest BCUT2D eigenvalue weighted by atomic mass is 16.5. The van der Waals surface area contributed by atoms with E-state index in [1.54, 1.807) is 0 Å². The van der Waals surface area contributed by atoms with Crippen molar-refractivity contribution in [3.05, 3.63) is 29.5 Å². The largest absolute Gasteiger partial charge is 0.489 e. The molecule has 0 aliphatic heterocycles. The molecule has 0 saturated heterocycles. The zero-order valence-corrected chi connectivity index (χ0v) is 14.0. The number of fused-ring (bicyclic) bond motifs is 1. The highest BCUT2D eigenvalue weighted by Gasteiger charge is 2.17. The molecule has 1 aromatic carbocycles. The number of anilines is 1. The normalized spacial score (nSPS) is 10.8. The first kappa shape index (κ1) is 16.1. The van der Waals surface area contributed by atoms with E-state index < -0.39 is 0 Å². The van der Waals surface area contributed by atoms with Crippen LogP contribution in [-0.4, -0.2) is 25.2 Å². The van der Waals surface area contributed by atoms with Crippen molar-refractivity contribution in [2.75, 3.05) is 19.0 Å². The van der Waals surface area contributed by atoms with Gasteiger partial charge in [-0.15, -0.1) is 0 Å². The average Bonchev–Trinajstić information content (AvgIpc) is 2.44. The minimum absolute atomic E-state index is 0.105. The minimum atomic E-state index is 0.105. The molecule has 0 aliphatic rings. The predicted molar refractivity (Wildman–Crippen MR) is 90.5 cm³/mol. The lowest BCUT2D eigenvalue weighted by Crippen LogP contribution is -2.14. The fraction of sp³-hybridized carbons (Fsp3) is 0.444. The summed E-state index contributed by atoms with van der Waals surface area (Å²) in [6.07, 6.45) is 1.32. The SMILES string of the molecule is Cc1nc2c(OC(C)C)cccc2c(N(C)C)c1CCC#N. The Hall–Kier alpha value is -2.28. The molecule has 1 aromatic heterocycles. The van der Waals surface area contributed by atoms with Crippen LogP contribution < -0.4 is 9.64 Å². The van der Waals surface area contributed by atoms with E-state index in [0.29, 0.717) is 12.8 Å². The van der Waals surface area contributed by atoms with Gasteiger partial charge in [0.1, 0.15) is 11.3 Å². The summed E-state index contributed by atoms with van der Waals surface area (Å²) in [6, 6.07) is 8.25. The van der Waals surface area contributed by atoms with Gasteiger partial charge in [0.15, 0.2) is 0 Å². The van der Waals surface area contributed by atoms with E-state index in [9.17, 15) is 0 Å². The van der Waals surface area contributed by atoms with E-state index >= 15 is 0 Å². The Bertz CT molecular complexity index is 714. The molecular formula is C18H23N3O. The molecule has 0 atom stereocenters. The van der Waals surface area contributed by atoms with Gasteiger partial charge in [0.05, 0.1) is 17.9 Å². The summed E-state index contributed by atoms with van der Waals surface area (Å²) in [7, 11) is 4.06. The molecule has 0 bridgehead atoms. The fourth-order valence-corrected chi connectivity index (χ4v) is 2.74. The van der Waals surface area contributed by atoms with Crippen molar-refractivity contribution in [2.24, 2.45) is 0 Å². The second-order valence-corrected chi connectivity index (χ2v) is 5.90. The highest BCUT2D eigenvalue weighted by molar-refractivity contribution is 5.97. The van der Waals surface area contributed by atoms with Crippen LogP contribution in [0, 0.1) is 18.3 Å². The van der Waals surface area contributed by atoms with Gasteiger partial charge in [-0.1, -0.05) is 12.1 Å². The summed E-state index contributed by atoms with van der Waals surface area (Å²) in [5, 5.41) is 9.97. The van der Waals surface area contributed by atoms with Crippen LogP contribution >= 0.6 is 0 Å². The number of pyridine rings is 1. The molecule has 0 aliphatic carbocycles. The van der Waals surface area contributed by atoms with E-state index in [1.807, 2.05) is 47.0 Å². The van der Waals surface area contributed by atoms with Gasteiger partial charge in [-0.25, -0.2) is 4.98 Å². The molecule has 0 radical (unpaired) electrons. The number of nitriles is 1. The first-order valence-corrected chi connectivity index (χ1v) is 7.58. The zero-order chi connectivity index (χ0) is 16.3. The number of ether oxygens (including phenoxy) is 1. The summed E-state index contributed by atoms with van der Waals surface area (Å²) in [5.41, 5.74) is 4.12. The van der Waals surface area contributed by atoms with Crippen LogP contribution in [0.1, 0.15) is 31.5 Å². The molecule has 0 spiro atoms. The van der Waals surface area contributed by atoms with E-state index in [-0.39, 0.29) is 6.10 Å². The third-order valence-corrected chi connectivity index (χ3v) is 3.55. The molecule has 0 fully saturated rings. The smallest absolute Gasteiger partial charge is 0.145 e. The molecule has 2 aromatic rings. The number of para-hydroxylation sites is 1. The Labute approximate surface area is 132 Å². The number of hydrogen-bond donors (Lipinski definition) is 0. The third-order valence-electron chi connectivity index (χ3n) is 3.55. The van der Waals surface area contributed by atoms with E-state index in [2.05, 4.69) is 17.0 Å². The molecule has 0 N–H and O–H groups in total. The van der Waals surface area contributed by atoms with Gasteiger partial charge in [-0.05, 0) is 38.8 Å². The first-order chi connectivity index (χ1) is 10.5. The maximum Gasteiger partial charge on any atom is 0.145 e. The Kier molecular flexibility index (Phi) is 4.87. The van der Waals surface area contributed by atoms with Crippen molar-refractivity contribution in [1.82, 2.24) is 4.98 Å². The second-order valence-electron chi connectivity index (χ2n) is 5.90. The molecule has 0 unspecified atom stereocenters. The minimum Gasteiger partial charge on any atom is -0.489 e. The van der Waals surface area contributed by atoms with Gasteiger partial charge in [0, 0.05) is 31.6 Å². The lowest BCUT2D eigenvalue weighted by molar-refractivity contribution is 0.245. The molecular weight excluding hydrogens is 274 g/mol. The number of benzene rings is 1. The van der Waals surface area contributed by atoms with Crippen molar-refractivity contribution >= 4 is 16.6 Å². The van der Waals surface area contributed by atoms with Crippen LogP contribution in [0.25, 0.3) is 10.9 Å². The van der Waals surface area contributed by atoms with E-state index in [0.717, 1.165) is 33.6 Å². The summed E-state index contributed by atoms with van der Waals surface area (Å²) >= 11 is 0. The molecule has 2 rings (SSSR count). The van der Waals surface area contributed by atoms with Gasteiger partial charge in [0.25, 0.3) is 0 Å². The van der Waals surface area contributed by atoms with E-state index in [4.69, 9.17) is 15.0 Å². The summed E-state index contributed by atoms with van der Waals surface area (Å²) in [5.74, 6) is 0.811. The van der Waals surface area contributed by atoms with Crippen LogP contribution in [0.2, 0.25) is 0 Å². The Balaban J connectivity index is 2.72. The molecule has 1 heterocycles.